The van der Waals surface area contributed by atoms with Gasteiger partial charge < -0.3 is 15.3 Å². The van der Waals surface area contributed by atoms with Gasteiger partial charge in [0.25, 0.3) is 0 Å². The zero-order valence-corrected chi connectivity index (χ0v) is 13.3. The molecule has 1 rings (SSSR count). The summed E-state index contributed by atoms with van der Waals surface area (Å²) in [7, 11) is 5.89. The van der Waals surface area contributed by atoms with E-state index < -0.39 is 5.60 Å². The van der Waals surface area contributed by atoms with Crippen molar-refractivity contribution < 1.29 is 5.11 Å². The van der Waals surface area contributed by atoms with Crippen LogP contribution < -0.4 is 5.32 Å². The highest BCUT2D eigenvalue weighted by Gasteiger charge is 2.23. The lowest BCUT2D eigenvalue weighted by Gasteiger charge is -2.29. The third kappa shape index (κ3) is 4.30. The van der Waals surface area contributed by atoms with E-state index in [9.17, 15) is 5.11 Å². The van der Waals surface area contributed by atoms with E-state index in [2.05, 4.69) is 24.3 Å². The van der Waals surface area contributed by atoms with E-state index in [-0.39, 0.29) is 6.04 Å². The molecule has 1 aromatic heterocycles. The summed E-state index contributed by atoms with van der Waals surface area (Å²) in [6.07, 6.45) is 0. The standard InChI is InChI=1S/C14H28N4O/c1-10(13-11(2)16-18(7)12(13)3)15-8-14(4,19)9-17(5)6/h10,15,19H,8-9H2,1-7H3. The van der Waals surface area contributed by atoms with Crippen molar-refractivity contribution in [3.05, 3.63) is 17.0 Å². The van der Waals surface area contributed by atoms with Crippen LogP contribution in [0.25, 0.3) is 0 Å². The SMILES string of the molecule is Cc1nn(C)c(C)c1C(C)NCC(C)(O)CN(C)C. The van der Waals surface area contributed by atoms with Crippen molar-refractivity contribution in [3.63, 3.8) is 0 Å². The third-order valence-corrected chi connectivity index (χ3v) is 3.44. The predicted molar refractivity (Wildman–Crippen MR) is 78.3 cm³/mol. The topological polar surface area (TPSA) is 53.3 Å². The van der Waals surface area contributed by atoms with E-state index >= 15 is 0 Å². The summed E-state index contributed by atoms with van der Waals surface area (Å²) in [4.78, 5) is 1.99. The Bertz CT molecular complexity index is 423. The Morgan fingerprint density at radius 1 is 1.42 bits per heavy atom. The van der Waals surface area contributed by atoms with Gasteiger partial charge in [-0.15, -0.1) is 0 Å². The maximum atomic E-state index is 10.3. The molecule has 1 aromatic rings. The number of hydrogen-bond donors (Lipinski definition) is 2. The Morgan fingerprint density at radius 2 is 2.00 bits per heavy atom. The number of rotatable bonds is 6. The molecule has 0 fully saturated rings. The van der Waals surface area contributed by atoms with Crippen LogP contribution in [0.2, 0.25) is 0 Å². The van der Waals surface area contributed by atoms with Crippen molar-refractivity contribution >= 4 is 0 Å². The van der Waals surface area contributed by atoms with Gasteiger partial charge in [-0.05, 0) is 41.8 Å². The quantitative estimate of drug-likeness (QED) is 0.808. The second-order valence-corrected chi connectivity index (χ2v) is 6.05. The van der Waals surface area contributed by atoms with Gasteiger partial charge in [0.1, 0.15) is 0 Å². The summed E-state index contributed by atoms with van der Waals surface area (Å²) in [6.45, 7) is 9.26. The summed E-state index contributed by atoms with van der Waals surface area (Å²) < 4.78 is 1.90. The smallest absolute Gasteiger partial charge is 0.0869 e. The number of aromatic nitrogens is 2. The van der Waals surface area contributed by atoms with Crippen LogP contribution in [0.15, 0.2) is 0 Å². The summed E-state index contributed by atoms with van der Waals surface area (Å²) in [5.41, 5.74) is 2.71. The first kappa shape index (κ1) is 16.1. The molecule has 2 unspecified atom stereocenters. The molecule has 110 valence electrons. The van der Waals surface area contributed by atoms with Crippen molar-refractivity contribution in [1.29, 1.82) is 0 Å². The van der Waals surface area contributed by atoms with Gasteiger partial charge in [-0.25, -0.2) is 0 Å². The van der Waals surface area contributed by atoms with Crippen LogP contribution in [0.4, 0.5) is 0 Å². The summed E-state index contributed by atoms with van der Waals surface area (Å²) in [5, 5.41) is 18.1. The largest absolute Gasteiger partial charge is 0.388 e. The Morgan fingerprint density at radius 3 is 2.42 bits per heavy atom. The number of hydrogen-bond acceptors (Lipinski definition) is 4. The van der Waals surface area contributed by atoms with Gasteiger partial charge in [-0.3, -0.25) is 4.68 Å². The fraction of sp³-hybridized carbons (Fsp3) is 0.786. The summed E-state index contributed by atoms with van der Waals surface area (Å²) >= 11 is 0. The molecular weight excluding hydrogens is 240 g/mol. The average molecular weight is 268 g/mol. The van der Waals surface area contributed by atoms with Gasteiger partial charge in [0.2, 0.25) is 0 Å². The van der Waals surface area contributed by atoms with Crippen LogP contribution in [0.3, 0.4) is 0 Å². The van der Waals surface area contributed by atoms with Gasteiger partial charge in [0, 0.05) is 37.4 Å². The minimum absolute atomic E-state index is 0.183. The van der Waals surface area contributed by atoms with Crippen molar-refractivity contribution in [2.75, 3.05) is 27.2 Å². The molecule has 1 heterocycles. The van der Waals surface area contributed by atoms with Crippen LogP contribution in [0.1, 0.15) is 36.8 Å². The molecular formula is C14H28N4O. The number of aliphatic hydroxyl groups is 1. The molecule has 0 amide bonds. The average Bonchev–Trinajstić information content (AvgIpc) is 2.48. The zero-order chi connectivity index (χ0) is 14.8. The van der Waals surface area contributed by atoms with Crippen molar-refractivity contribution in [1.82, 2.24) is 20.0 Å². The van der Waals surface area contributed by atoms with E-state index in [1.807, 2.05) is 44.6 Å². The van der Waals surface area contributed by atoms with Gasteiger partial charge in [-0.1, -0.05) is 0 Å². The molecule has 0 aliphatic rings. The highest BCUT2D eigenvalue weighted by atomic mass is 16.3. The molecule has 0 radical (unpaired) electrons. The number of nitrogens with zero attached hydrogens (tertiary/aromatic N) is 3. The molecule has 0 saturated carbocycles. The molecule has 5 heteroatoms. The van der Waals surface area contributed by atoms with Crippen molar-refractivity contribution in [2.24, 2.45) is 7.05 Å². The molecule has 0 bridgehead atoms. The van der Waals surface area contributed by atoms with Crippen LogP contribution in [0.5, 0.6) is 0 Å². The predicted octanol–water partition coefficient (Wildman–Crippen LogP) is 1.00. The maximum Gasteiger partial charge on any atom is 0.0869 e. The first-order valence-corrected chi connectivity index (χ1v) is 6.74. The third-order valence-electron chi connectivity index (χ3n) is 3.44. The molecule has 0 aliphatic heterocycles. The molecule has 0 aromatic carbocycles. The Balaban J connectivity index is 2.68. The minimum atomic E-state index is -0.734. The maximum absolute atomic E-state index is 10.3. The van der Waals surface area contributed by atoms with Crippen LogP contribution in [-0.2, 0) is 7.05 Å². The summed E-state index contributed by atoms with van der Waals surface area (Å²) in [5.74, 6) is 0. The molecule has 2 atom stereocenters. The molecule has 0 aliphatic carbocycles. The minimum Gasteiger partial charge on any atom is -0.388 e. The van der Waals surface area contributed by atoms with Gasteiger partial charge in [0.05, 0.1) is 11.3 Å². The molecule has 19 heavy (non-hydrogen) atoms. The highest BCUT2D eigenvalue weighted by Crippen LogP contribution is 2.21. The first-order valence-electron chi connectivity index (χ1n) is 6.74. The van der Waals surface area contributed by atoms with Gasteiger partial charge >= 0.3 is 0 Å². The van der Waals surface area contributed by atoms with E-state index in [0.29, 0.717) is 13.1 Å². The van der Waals surface area contributed by atoms with Gasteiger partial charge in [-0.2, -0.15) is 5.10 Å². The molecule has 0 spiro atoms. The van der Waals surface area contributed by atoms with E-state index in [1.54, 1.807) is 0 Å². The monoisotopic (exact) mass is 268 g/mol. The van der Waals surface area contributed by atoms with E-state index in [0.717, 1.165) is 5.69 Å². The Labute approximate surface area is 116 Å². The fourth-order valence-corrected chi connectivity index (χ4v) is 2.63. The lowest BCUT2D eigenvalue weighted by molar-refractivity contribution is 0.0317. The van der Waals surface area contributed by atoms with Crippen LogP contribution in [-0.4, -0.2) is 52.6 Å². The van der Waals surface area contributed by atoms with Gasteiger partial charge in [0.15, 0.2) is 0 Å². The molecule has 0 saturated heterocycles. The van der Waals surface area contributed by atoms with Crippen molar-refractivity contribution in [3.8, 4) is 0 Å². The number of nitrogens with one attached hydrogen (secondary N) is 1. The number of likely N-dealkylation sites (N-methyl/N-ethyl adjacent to an activating group) is 1. The number of aryl methyl sites for hydroxylation is 2. The second-order valence-electron chi connectivity index (χ2n) is 6.05. The molecule has 2 N–H and O–H groups in total. The van der Waals surface area contributed by atoms with Crippen molar-refractivity contribution in [2.45, 2.75) is 39.3 Å². The van der Waals surface area contributed by atoms with Crippen LogP contribution in [0, 0.1) is 13.8 Å². The highest BCUT2D eigenvalue weighted by molar-refractivity contribution is 5.27. The van der Waals surface area contributed by atoms with E-state index in [1.165, 1.54) is 11.3 Å². The van der Waals surface area contributed by atoms with Crippen LogP contribution >= 0.6 is 0 Å². The normalized spacial score (nSPS) is 16.7. The lowest BCUT2D eigenvalue weighted by Crippen LogP contribution is -2.46. The van der Waals surface area contributed by atoms with E-state index in [4.69, 9.17) is 0 Å². The lowest BCUT2D eigenvalue weighted by atomic mass is 10.0. The Hall–Kier alpha value is -0.910. The zero-order valence-electron chi connectivity index (χ0n) is 13.3. The molecule has 5 nitrogen and oxygen atoms in total. The second kappa shape index (κ2) is 6.03. The Kier molecular flexibility index (Phi) is 5.12. The fourth-order valence-electron chi connectivity index (χ4n) is 2.63. The summed E-state index contributed by atoms with van der Waals surface area (Å²) in [6, 6.07) is 0.183. The first-order chi connectivity index (χ1) is 8.64.